The third-order valence-corrected chi connectivity index (χ3v) is 5.56. The molecule has 0 aliphatic heterocycles. The summed E-state index contributed by atoms with van der Waals surface area (Å²) in [4.78, 5) is 18.6. The number of hydrogen-bond donors (Lipinski definition) is 0. The molecule has 2 aromatic carbocycles. The molecule has 0 fully saturated rings. The van der Waals surface area contributed by atoms with Crippen molar-refractivity contribution in [2.75, 3.05) is 26.5 Å². The first-order chi connectivity index (χ1) is 14.3. The molecule has 0 bridgehead atoms. The van der Waals surface area contributed by atoms with Gasteiger partial charge in [0.2, 0.25) is 0 Å². The number of amides is 1. The van der Waals surface area contributed by atoms with Crippen LogP contribution in [-0.4, -0.2) is 55.2 Å². The van der Waals surface area contributed by atoms with Crippen LogP contribution in [0.25, 0.3) is 5.69 Å². The molecule has 9 heteroatoms. The van der Waals surface area contributed by atoms with Gasteiger partial charge in [-0.15, -0.1) is 0 Å². The standard InChI is InChI=1S/C21H22FN3O4S/c1-24(11-4-12-29-18-5-3-6-19(13-18)30(2,27)28)21(26)20-14-23-15-25(20)17-9-7-16(22)8-10-17/h3,5-10,13-15H,4,11-12H2,1-2H3. The zero-order valence-corrected chi connectivity index (χ0v) is 17.5. The van der Waals surface area contributed by atoms with Crippen molar-refractivity contribution in [3.05, 3.63) is 72.6 Å². The van der Waals surface area contributed by atoms with E-state index < -0.39 is 9.84 Å². The second-order valence-electron chi connectivity index (χ2n) is 6.80. The molecule has 0 atom stereocenters. The lowest BCUT2D eigenvalue weighted by Crippen LogP contribution is -2.30. The van der Waals surface area contributed by atoms with Gasteiger partial charge in [0.15, 0.2) is 9.84 Å². The Morgan fingerprint density at radius 1 is 1.20 bits per heavy atom. The highest BCUT2D eigenvalue weighted by atomic mass is 32.2. The van der Waals surface area contributed by atoms with Gasteiger partial charge in [-0.2, -0.15) is 0 Å². The molecule has 1 heterocycles. The Balaban J connectivity index is 1.56. The van der Waals surface area contributed by atoms with E-state index >= 15 is 0 Å². The minimum atomic E-state index is -3.30. The smallest absolute Gasteiger partial charge is 0.272 e. The minimum Gasteiger partial charge on any atom is -0.493 e. The minimum absolute atomic E-state index is 0.196. The Kier molecular flexibility index (Phi) is 6.51. The molecule has 30 heavy (non-hydrogen) atoms. The highest BCUT2D eigenvalue weighted by Gasteiger charge is 2.17. The summed E-state index contributed by atoms with van der Waals surface area (Å²) in [7, 11) is -1.62. The zero-order valence-electron chi connectivity index (χ0n) is 16.7. The highest BCUT2D eigenvalue weighted by Crippen LogP contribution is 2.18. The van der Waals surface area contributed by atoms with Crippen LogP contribution in [-0.2, 0) is 9.84 Å². The number of benzene rings is 2. The maximum absolute atomic E-state index is 13.1. The number of halogens is 1. The largest absolute Gasteiger partial charge is 0.493 e. The molecule has 158 valence electrons. The van der Waals surface area contributed by atoms with E-state index in [0.29, 0.717) is 36.7 Å². The van der Waals surface area contributed by atoms with Crippen molar-refractivity contribution in [2.24, 2.45) is 0 Å². The SMILES string of the molecule is CN(CCCOc1cccc(S(C)(=O)=O)c1)C(=O)c1cncn1-c1ccc(F)cc1. The van der Waals surface area contributed by atoms with Crippen molar-refractivity contribution in [3.63, 3.8) is 0 Å². The molecule has 0 aliphatic rings. The van der Waals surface area contributed by atoms with Crippen molar-refractivity contribution in [1.29, 1.82) is 0 Å². The predicted octanol–water partition coefficient (Wildman–Crippen LogP) is 2.96. The number of hydrogen-bond acceptors (Lipinski definition) is 5. The molecule has 0 saturated heterocycles. The number of carbonyl (C=O) groups excluding carboxylic acids is 1. The lowest BCUT2D eigenvalue weighted by molar-refractivity contribution is 0.0780. The Hall–Kier alpha value is -3.20. The van der Waals surface area contributed by atoms with Crippen molar-refractivity contribution in [3.8, 4) is 11.4 Å². The molecule has 1 amide bonds. The van der Waals surface area contributed by atoms with E-state index in [0.717, 1.165) is 6.26 Å². The Morgan fingerprint density at radius 3 is 2.63 bits per heavy atom. The molecular formula is C21H22FN3O4S. The van der Waals surface area contributed by atoms with Crippen LogP contribution in [0, 0.1) is 5.82 Å². The summed E-state index contributed by atoms with van der Waals surface area (Å²) < 4.78 is 43.6. The van der Waals surface area contributed by atoms with Gasteiger partial charge < -0.3 is 9.64 Å². The number of rotatable bonds is 8. The van der Waals surface area contributed by atoms with Gasteiger partial charge in [-0.25, -0.2) is 17.8 Å². The number of carbonyl (C=O) groups is 1. The normalized spacial score (nSPS) is 11.3. The van der Waals surface area contributed by atoms with Gasteiger partial charge in [0.05, 0.1) is 24.0 Å². The number of ether oxygens (including phenoxy) is 1. The van der Waals surface area contributed by atoms with Crippen LogP contribution in [0.15, 0.2) is 66.0 Å². The highest BCUT2D eigenvalue weighted by molar-refractivity contribution is 7.90. The molecule has 0 spiro atoms. The van der Waals surface area contributed by atoms with E-state index in [4.69, 9.17) is 4.74 Å². The van der Waals surface area contributed by atoms with Crippen LogP contribution in [0.2, 0.25) is 0 Å². The summed E-state index contributed by atoms with van der Waals surface area (Å²) in [5.41, 5.74) is 1.01. The van der Waals surface area contributed by atoms with Crippen molar-refractivity contribution < 1.29 is 22.3 Å². The Labute approximate surface area is 174 Å². The van der Waals surface area contributed by atoms with Crippen LogP contribution < -0.4 is 4.74 Å². The fraction of sp³-hybridized carbons (Fsp3) is 0.238. The molecule has 1 aromatic heterocycles. The second-order valence-corrected chi connectivity index (χ2v) is 8.82. The quantitative estimate of drug-likeness (QED) is 0.512. The van der Waals surface area contributed by atoms with Gasteiger partial charge in [-0.3, -0.25) is 9.36 Å². The maximum Gasteiger partial charge on any atom is 0.272 e. The fourth-order valence-electron chi connectivity index (χ4n) is 2.84. The average Bonchev–Trinajstić information content (AvgIpc) is 3.20. The summed E-state index contributed by atoms with van der Waals surface area (Å²) in [5, 5.41) is 0. The molecular weight excluding hydrogens is 409 g/mol. The Bertz CT molecular complexity index is 1130. The summed E-state index contributed by atoms with van der Waals surface area (Å²) in [6.07, 6.45) is 4.67. The van der Waals surface area contributed by atoms with Gasteiger partial charge in [-0.05, 0) is 48.9 Å². The van der Waals surface area contributed by atoms with Crippen molar-refractivity contribution >= 4 is 15.7 Å². The molecule has 3 rings (SSSR count). The lowest BCUT2D eigenvalue weighted by Gasteiger charge is -2.18. The number of sulfone groups is 1. The second kappa shape index (κ2) is 9.08. The lowest BCUT2D eigenvalue weighted by atomic mass is 10.3. The molecule has 0 aliphatic carbocycles. The van der Waals surface area contributed by atoms with Crippen LogP contribution in [0.3, 0.4) is 0 Å². The molecule has 0 saturated carbocycles. The van der Waals surface area contributed by atoms with Crippen LogP contribution in [0.5, 0.6) is 5.75 Å². The molecule has 0 unspecified atom stereocenters. The third kappa shape index (κ3) is 5.24. The first kappa shape index (κ1) is 21.5. The first-order valence-corrected chi connectivity index (χ1v) is 11.1. The van der Waals surface area contributed by atoms with Crippen LogP contribution in [0.1, 0.15) is 16.9 Å². The first-order valence-electron chi connectivity index (χ1n) is 9.22. The number of aromatic nitrogens is 2. The van der Waals surface area contributed by atoms with E-state index in [1.54, 1.807) is 40.8 Å². The topological polar surface area (TPSA) is 81.5 Å². The van der Waals surface area contributed by atoms with Gasteiger partial charge in [0.1, 0.15) is 17.3 Å². The van der Waals surface area contributed by atoms with Gasteiger partial charge in [0, 0.05) is 25.5 Å². The van der Waals surface area contributed by atoms with Crippen molar-refractivity contribution in [1.82, 2.24) is 14.5 Å². The maximum atomic E-state index is 13.1. The number of nitrogens with zero attached hydrogens (tertiary/aromatic N) is 3. The van der Waals surface area contributed by atoms with Gasteiger partial charge >= 0.3 is 0 Å². The average molecular weight is 431 g/mol. The summed E-state index contributed by atoms with van der Waals surface area (Å²) >= 11 is 0. The van der Waals surface area contributed by atoms with E-state index in [9.17, 15) is 17.6 Å². The summed E-state index contributed by atoms with van der Waals surface area (Å²) in [5.74, 6) is -0.122. The zero-order chi connectivity index (χ0) is 21.7. The molecule has 7 nitrogen and oxygen atoms in total. The fourth-order valence-corrected chi connectivity index (χ4v) is 3.50. The van der Waals surface area contributed by atoms with E-state index in [1.165, 1.54) is 36.8 Å². The monoisotopic (exact) mass is 431 g/mol. The van der Waals surface area contributed by atoms with Gasteiger partial charge in [-0.1, -0.05) is 6.07 Å². The van der Waals surface area contributed by atoms with E-state index in [2.05, 4.69) is 4.98 Å². The summed E-state index contributed by atoms with van der Waals surface area (Å²) in [6, 6.07) is 12.1. The van der Waals surface area contributed by atoms with E-state index in [1.807, 2.05) is 0 Å². The molecule has 0 radical (unpaired) electrons. The number of imidazole rings is 1. The molecule has 0 N–H and O–H groups in total. The van der Waals surface area contributed by atoms with E-state index in [-0.39, 0.29) is 16.6 Å². The van der Waals surface area contributed by atoms with Gasteiger partial charge in [0.25, 0.3) is 5.91 Å². The van der Waals surface area contributed by atoms with Crippen molar-refractivity contribution in [2.45, 2.75) is 11.3 Å². The summed E-state index contributed by atoms with van der Waals surface area (Å²) in [6.45, 7) is 0.751. The third-order valence-electron chi connectivity index (χ3n) is 4.45. The predicted molar refractivity (Wildman–Crippen MR) is 110 cm³/mol. The molecule has 3 aromatic rings. The van der Waals surface area contributed by atoms with Crippen LogP contribution in [0.4, 0.5) is 4.39 Å². The Morgan fingerprint density at radius 2 is 1.93 bits per heavy atom. The van der Waals surface area contributed by atoms with Crippen LogP contribution >= 0.6 is 0 Å².